The minimum atomic E-state index is -0.479. The number of piperazine rings is 1. The summed E-state index contributed by atoms with van der Waals surface area (Å²) in [5.41, 5.74) is 1.85. The van der Waals surface area contributed by atoms with E-state index in [1.807, 2.05) is 24.3 Å². The van der Waals surface area contributed by atoms with Gasteiger partial charge in [0.25, 0.3) is 5.91 Å². The van der Waals surface area contributed by atoms with Crippen molar-refractivity contribution >= 4 is 17.3 Å². The highest BCUT2D eigenvalue weighted by atomic mass is 19.1. The Hall–Kier alpha value is -2.60. The number of carbonyl (C=O) groups is 1. The molecule has 0 radical (unpaired) electrons. The third kappa shape index (κ3) is 4.73. The molecule has 0 unspecified atom stereocenters. The quantitative estimate of drug-likeness (QED) is 0.863. The van der Waals surface area contributed by atoms with E-state index in [-0.39, 0.29) is 18.3 Å². The van der Waals surface area contributed by atoms with E-state index in [1.165, 1.54) is 12.1 Å². The van der Waals surface area contributed by atoms with Gasteiger partial charge in [0.15, 0.2) is 18.2 Å². The first-order chi connectivity index (χ1) is 12.7. The SMILES string of the molecule is CCN1CCN(c2ccc(NC(=O)COc3ccccc3F)cc2)CC1. The summed E-state index contributed by atoms with van der Waals surface area (Å²) >= 11 is 0. The first kappa shape index (κ1) is 18.2. The summed E-state index contributed by atoms with van der Waals surface area (Å²) in [5.74, 6) is -0.727. The maximum absolute atomic E-state index is 13.5. The molecule has 1 saturated heterocycles. The molecule has 2 aromatic carbocycles. The van der Waals surface area contributed by atoms with Crippen LogP contribution in [0.3, 0.4) is 0 Å². The van der Waals surface area contributed by atoms with Crippen LogP contribution in [0.2, 0.25) is 0 Å². The molecule has 138 valence electrons. The Morgan fingerprint density at radius 1 is 1.08 bits per heavy atom. The average Bonchev–Trinajstić information content (AvgIpc) is 2.68. The zero-order valence-electron chi connectivity index (χ0n) is 15.0. The fourth-order valence-corrected chi connectivity index (χ4v) is 2.98. The Labute approximate surface area is 153 Å². The molecule has 0 spiro atoms. The minimum Gasteiger partial charge on any atom is -0.481 e. The second-order valence-electron chi connectivity index (χ2n) is 6.24. The first-order valence-electron chi connectivity index (χ1n) is 8.90. The Bertz CT molecular complexity index is 728. The maximum atomic E-state index is 13.5. The van der Waals surface area contributed by atoms with Gasteiger partial charge >= 0.3 is 0 Å². The number of nitrogens with zero attached hydrogens (tertiary/aromatic N) is 2. The van der Waals surface area contributed by atoms with Gasteiger partial charge in [0.2, 0.25) is 0 Å². The Balaban J connectivity index is 1.49. The fraction of sp³-hybridized carbons (Fsp3) is 0.350. The summed E-state index contributed by atoms with van der Waals surface area (Å²) in [7, 11) is 0. The number of hydrogen-bond acceptors (Lipinski definition) is 4. The van der Waals surface area contributed by atoms with E-state index in [0.29, 0.717) is 5.69 Å². The summed E-state index contributed by atoms with van der Waals surface area (Å²) < 4.78 is 18.7. The normalized spacial score (nSPS) is 14.9. The summed E-state index contributed by atoms with van der Waals surface area (Å²) in [6.07, 6.45) is 0. The van der Waals surface area contributed by atoms with Crippen molar-refractivity contribution in [2.75, 3.05) is 49.5 Å². The van der Waals surface area contributed by atoms with Gasteiger partial charge in [-0.3, -0.25) is 4.79 Å². The summed E-state index contributed by atoms with van der Waals surface area (Å²) in [4.78, 5) is 16.8. The molecule has 26 heavy (non-hydrogen) atoms. The largest absolute Gasteiger partial charge is 0.481 e. The molecule has 1 heterocycles. The Morgan fingerprint density at radius 2 is 1.77 bits per heavy atom. The molecule has 1 aliphatic heterocycles. The van der Waals surface area contributed by atoms with Gasteiger partial charge in [-0.05, 0) is 42.9 Å². The van der Waals surface area contributed by atoms with Crippen LogP contribution in [0, 0.1) is 5.82 Å². The first-order valence-corrected chi connectivity index (χ1v) is 8.90. The van der Waals surface area contributed by atoms with E-state index in [2.05, 4.69) is 22.0 Å². The number of nitrogens with one attached hydrogen (secondary N) is 1. The van der Waals surface area contributed by atoms with Crippen LogP contribution in [0.1, 0.15) is 6.92 Å². The molecule has 0 aliphatic carbocycles. The number of likely N-dealkylation sites (N-methyl/N-ethyl adjacent to an activating group) is 1. The smallest absolute Gasteiger partial charge is 0.262 e. The molecular formula is C20H24FN3O2. The number of para-hydroxylation sites is 1. The van der Waals surface area contributed by atoms with Gasteiger partial charge in [0.1, 0.15) is 0 Å². The molecular weight excluding hydrogens is 333 g/mol. The van der Waals surface area contributed by atoms with Gasteiger partial charge in [-0.1, -0.05) is 19.1 Å². The van der Waals surface area contributed by atoms with Crippen LogP contribution in [-0.2, 0) is 4.79 Å². The van der Waals surface area contributed by atoms with Crippen molar-refractivity contribution in [3.63, 3.8) is 0 Å². The van der Waals surface area contributed by atoms with Gasteiger partial charge in [0, 0.05) is 37.6 Å². The highest BCUT2D eigenvalue weighted by Crippen LogP contribution is 2.20. The predicted molar refractivity (Wildman–Crippen MR) is 101 cm³/mol. The lowest BCUT2D eigenvalue weighted by molar-refractivity contribution is -0.118. The van der Waals surface area contributed by atoms with Crippen LogP contribution >= 0.6 is 0 Å². The third-order valence-corrected chi connectivity index (χ3v) is 4.53. The molecule has 1 aliphatic rings. The minimum absolute atomic E-state index is 0.0734. The monoisotopic (exact) mass is 357 g/mol. The van der Waals surface area contributed by atoms with Crippen LogP contribution in [0.5, 0.6) is 5.75 Å². The van der Waals surface area contributed by atoms with Gasteiger partial charge < -0.3 is 19.9 Å². The molecule has 2 aromatic rings. The second-order valence-corrected chi connectivity index (χ2v) is 6.24. The Morgan fingerprint density at radius 3 is 2.42 bits per heavy atom. The average molecular weight is 357 g/mol. The van der Waals surface area contributed by atoms with Crippen molar-refractivity contribution in [2.24, 2.45) is 0 Å². The second kappa shape index (κ2) is 8.67. The van der Waals surface area contributed by atoms with E-state index >= 15 is 0 Å². The van der Waals surface area contributed by atoms with Crippen molar-refractivity contribution < 1.29 is 13.9 Å². The summed E-state index contributed by atoms with van der Waals surface area (Å²) in [5, 5.41) is 2.76. The third-order valence-electron chi connectivity index (χ3n) is 4.53. The van der Waals surface area contributed by atoms with E-state index in [9.17, 15) is 9.18 Å². The van der Waals surface area contributed by atoms with Gasteiger partial charge in [-0.25, -0.2) is 4.39 Å². The number of rotatable bonds is 6. The van der Waals surface area contributed by atoms with Crippen LogP contribution in [0.25, 0.3) is 0 Å². The van der Waals surface area contributed by atoms with Gasteiger partial charge in [-0.2, -0.15) is 0 Å². The highest BCUT2D eigenvalue weighted by Gasteiger charge is 2.15. The van der Waals surface area contributed by atoms with Crippen LogP contribution in [-0.4, -0.2) is 50.1 Å². The lowest BCUT2D eigenvalue weighted by Crippen LogP contribution is -2.46. The number of carbonyl (C=O) groups excluding carboxylic acids is 1. The molecule has 0 atom stereocenters. The molecule has 1 N–H and O–H groups in total. The lowest BCUT2D eigenvalue weighted by Gasteiger charge is -2.35. The number of amides is 1. The molecule has 0 aromatic heterocycles. The van der Waals surface area contributed by atoms with E-state index in [4.69, 9.17) is 4.74 Å². The number of hydrogen-bond donors (Lipinski definition) is 1. The molecule has 0 bridgehead atoms. The fourth-order valence-electron chi connectivity index (χ4n) is 2.98. The number of ether oxygens (including phenoxy) is 1. The summed E-state index contributed by atoms with van der Waals surface area (Å²) in [6, 6.07) is 13.8. The zero-order chi connectivity index (χ0) is 18.4. The Kier molecular flexibility index (Phi) is 6.07. The van der Waals surface area contributed by atoms with E-state index in [0.717, 1.165) is 38.4 Å². The van der Waals surface area contributed by atoms with Gasteiger partial charge in [0.05, 0.1) is 0 Å². The lowest BCUT2D eigenvalue weighted by atomic mass is 10.2. The standard InChI is InChI=1S/C20H24FN3O2/c1-2-23-11-13-24(14-12-23)17-9-7-16(8-10-17)22-20(25)15-26-19-6-4-3-5-18(19)21/h3-10H,2,11-15H2,1H3,(H,22,25). The topological polar surface area (TPSA) is 44.8 Å². The van der Waals surface area contributed by atoms with Crippen LogP contribution in [0.15, 0.2) is 48.5 Å². The predicted octanol–water partition coefficient (Wildman–Crippen LogP) is 2.99. The molecule has 1 amide bonds. The highest BCUT2D eigenvalue weighted by molar-refractivity contribution is 5.92. The number of anilines is 2. The van der Waals surface area contributed by atoms with E-state index < -0.39 is 5.82 Å². The van der Waals surface area contributed by atoms with Crippen molar-refractivity contribution in [2.45, 2.75) is 6.92 Å². The number of halogens is 1. The van der Waals surface area contributed by atoms with Crippen LogP contribution in [0.4, 0.5) is 15.8 Å². The molecule has 1 fully saturated rings. The van der Waals surface area contributed by atoms with Crippen molar-refractivity contribution in [1.82, 2.24) is 4.90 Å². The summed E-state index contributed by atoms with van der Waals surface area (Å²) in [6.45, 7) is 7.20. The zero-order valence-corrected chi connectivity index (χ0v) is 15.0. The maximum Gasteiger partial charge on any atom is 0.262 e. The van der Waals surface area contributed by atoms with Crippen molar-refractivity contribution in [3.8, 4) is 5.75 Å². The van der Waals surface area contributed by atoms with Gasteiger partial charge in [-0.15, -0.1) is 0 Å². The molecule has 0 saturated carbocycles. The molecule has 5 nitrogen and oxygen atoms in total. The number of benzene rings is 2. The van der Waals surface area contributed by atoms with E-state index in [1.54, 1.807) is 12.1 Å². The molecule has 3 rings (SSSR count). The van der Waals surface area contributed by atoms with Crippen molar-refractivity contribution in [3.05, 3.63) is 54.3 Å². The van der Waals surface area contributed by atoms with Crippen LogP contribution < -0.4 is 15.0 Å². The van der Waals surface area contributed by atoms with Crippen molar-refractivity contribution in [1.29, 1.82) is 0 Å². The molecule has 6 heteroatoms.